The van der Waals surface area contributed by atoms with Gasteiger partial charge in [-0.2, -0.15) is 0 Å². The summed E-state index contributed by atoms with van der Waals surface area (Å²) in [7, 11) is 0. The first-order valence-corrected chi connectivity index (χ1v) is 4.59. The summed E-state index contributed by atoms with van der Waals surface area (Å²) in [4.78, 5) is 23.4. The van der Waals surface area contributed by atoms with Crippen molar-refractivity contribution >= 4 is 11.7 Å². The minimum atomic E-state index is -0.117. The highest BCUT2D eigenvalue weighted by Crippen LogP contribution is 2.11. The third-order valence-corrected chi connectivity index (χ3v) is 1.72. The van der Waals surface area contributed by atoms with Crippen LogP contribution in [0, 0.1) is 0 Å². The molecule has 3 nitrogen and oxygen atoms in total. The van der Waals surface area contributed by atoms with Gasteiger partial charge in [0.1, 0.15) is 5.78 Å². The Kier molecular flexibility index (Phi) is 5.04. The fourth-order valence-electron chi connectivity index (χ4n) is 1.12. The number of carbonyl (C=O) groups excluding carboxylic acids is 2. The lowest BCUT2D eigenvalue weighted by Crippen LogP contribution is -2.37. The first kappa shape index (κ1) is 11.9. The lowest BCUT2D eigenvalue weighted by molar-refractivity contribution is -0.137. The van der Waals surface area contributed by atoms with Gasteiger partial charge in [0.2, 0.25) is 5.91 Å². The number of Topliss-reactive ketones (excluding diaryl/α,β-unsaturated/α-hetero) is 1. The number of hydrogen-bond acceptors (Lipinski definition) is 2. The molecule has 3 heteroatoms. The van der Waals surface area contributed by atoms with Crippen LogP contribution in [0.5, 0.6) is 0 Å². The lowest BCUT2D eigenvalue weighted by Gasteiger charge is -2.25. The molecule has 0 aromatic heterocycles. The second kappa shape index (κ2) is 5.51. The van der Waals surface area contributed by atoms with Crippen molar-refractivity contribution in [2.75, 3.05) is 6.54 Å². The van der Waals surface area contributed by atoms with Crippen molar-refractivity contribution in [3.05, 3.63) is 12.3 Å². The molecule has 1 saturated heterocycles. The number of rotatable bonds is 1. The van der Waals surface area contributed by atoms with Gasteiger partial charge < -0.3 is 4.90 Å². The van der Waals surface area contributed by atoms with Crippen LogP contribution >= 0.6 is 0 Å². The van der Waals surface area contributed by atoms with E-state index in [-0.39, 0.29) is 18.1 Å². The Bertz CT molecular complexity index is 221. The molecule has 0 saturated carbocycles. The molecule has 1 fully saturated rings. The molecule has 0 N–H and O–H groups in total. The highest BCUT2D eigenvalue weighted by Gasteiger charge is 2.23. The monoisotopic (exact) mass is 183 g/mol. The van der Waals surface area contributed by atoms with Crippen LogP contribution in [-0.4, -0.2) is 23.1 Å². The number of likely N-dealkylation sites (tertiary alicyclic amines) is 1. The van der Waals surface area contributed by atoms with Gasteiger partial charge in [-0.25, -0.2) is 0 Å². The molecule has 1 aliphatic rings. The predicted molar refractivity (Wildman–Crippen MR) is 52.1 cm³/mol. The van der Waals surface area contributed by atoms with Gasteiger partial charge in [0, 0.05) is 18.7 Å². The highest BCUT2D eigenvalue weighted by molar-refractivity contribution is 6.00. The predicted octanol–water partition coefficient (Wildman–Crippen LogP) is 1.74. The van der Waals surface area contributed by atoms with E-state index in [1.807, 2.05) is 13.8 Å². The fourth-order valence-corrected chi connectivity index (χ4v) is 1.12. The molecule has 13 heavy (non-hydrogen) atoms. The van der Waals surface area contributed by atoms with Crippen LogP contribution in [0.25, 0.3) is 0 Å². The molecule has 0 aromatic carbocycles. The van der Waals surface area contributed by atoms with E-state index >= 15 is 0 Å². The molecule has 74 valence electrons. The van der Waals surface area contributed by atoms with E-state index in [2.05, 4.69) is 6.58 Å². The molecule has 1 heterocycles. The smallest absolute Gasteiger partial charge is 0.234 e. The zero-order valence-corrected chi connectivity index (χ0v) is 8.59. The molecule has 0 radical (unpaired) electrons. The SMILES string of the molecule is C=C(C)N1CCC(=O)CC1=O.CC. The molecule has 0 spiro atoms. The molecule has 0 aliphatic carbocycles. The second-order valence-corrected chi connectivity index (χ2v) is 2.75. The molecule has 1 amide bonds. The third-order valence-electron chi connectivity index (χ3n) is 1.72. The van der Waals surface area contributed by atoms with Crippen LogP contribution < -0.4 is 0 Å². The maximum absolute atomic E-state index is 11.1. The van der Waals surface area contributed by atoms with E-state index in [1.165, 1.54) is 0 Å². The van der Waals surface area contributed by atoms with E-state index in [4.69, 9.17) is 0 Å². The van der Waals surface area contributed by atoms with Crippen LogP contribution in [0.2, 0.25) is 0 Å². The quantitative estimate of drug-likeness (QED) is 0.581. The first-order chi connectivity index (χ1) is 6.11. The lowest BCUT2D eigenvalue weighted by atomic mass is 10.1. The van der Waals surface area contributed by atoms with Gasteiger partial charge in [-0.1, -0.05) is 20.4 Å². The Balaban J connectivity index is 0.000000671. The summed E-state index contributed by atoms with van der Waals surface area (Å²) in [5.74, 6) is -0.0822. The zero-order chi connectivity index (χ0) is 10.4. The summed E-state index contributed by atoms with van der Waals surface area (Å²) in [5, 5.41) is 0. The van der Waals surface area contributed by atoms with Crippen molar-refractivity contribution in [2.45, 2.75) is 33.6 Å². The Labute approximate surface area is 79.4 Å². The number of nitrogens with zero attached hydrogens (tertiary/aromatic N) is 1. The second-order valence-electron chi connectivity index (χ2n) is 2.75. The molecule has 0 unspecified atom stereocenters. The Morgan fingerprint density at radius 2 is 1.92 bits per heavy atom. The van der Waals surface area contributed by atoms with Gasteiger partial charge in [-0.3, -0.25) is 9.59 Å². The van der Waals surface area contributed by atoms with Crippen molar-refractivity contribution in [1.82, 2.24) is 4.90 Å². The van der Waals surface area contributed by atoms with Crippen LogP contribution in [0.3, 0.4) is 0 Å². The van der Waals surface area contributed by atoms with Crippen molar-refractivity contribution in [2.24, 2.45) is 0 Å². The molecular formula is C10H17NO2. The number of hydrogen-bond donors (Lipinski definition) is 0. The largest absolute Gasteiger partial charge is 0.316 e. The van der Waals surface area contributed by atoms with E-state index in [0.717, 1.165) is 5.70 Å². The van der Waals surface area contributed by atoms with Crippen molar-refractivity contribution in [3.63, 3.8) is 0 Å². The number of amides is 1. The first-order valence-electron chi connectivity index (χ1n) is 4.59. The summed E-state index contributed by atoms with van der Waals surface area (Å²) in [6.07, 6.45) is 0.519. The minimum absolute atomic E-state index is 0.0347. The van der Waals surface area contributed by atoms with Crippen LogP contribution in [0.4, 0.5) is 0 Å². The summed E-state index contributed by atoms with van der Waals surface area (Å²) < 4.78 is 0. The summed E-state index contributed by atoms with van der Waals surface area (Å²) in [6, 6.07) is 0. The molecule has 0 bridgehead atoms. The van der Waals surface area contributed by atoms with Crippen LogP contribution in [0.1, 0.15) is 33.6 Å². The van der Waals surface area contributed by atoms with Gasteiger partial charge in [-0.15, -0.1) is 0 Å². The molecular weight excluding hydrogens is 166 g/mol. The van der Waals surface area contributed by atoms with Crippen molar-refractivity contribution in [3.8, 4) is 0 Å². The maximum atomic E-state index is 11.1. The Morgan fingerprint density at radius 3 is 2.31 bits per heavy atom. The fraction of sp³-hybridized carbons (Fsp3) is 0.600. The Hall–Kier alpha value is -1.12. The van der Waals surface area contributed by atoms with Crippen LogP contribution in [-0.2, 0) is 9.59 Å². The summed E-state index contributed by atoms with van der Waals surface area (Å²) in [6.45, 7) is 9.93. The van der Waals surface area contributed by atoms with Gasteiger partial charge in [0.15, 0.2) is 0 Å². The minimum Gasteiger partial charge on any atom is -0.316 e. The molecule has 0 atom stereocenters. The zero-order valence-electron chi connectivity index (χ0n) is 8.59. The van der Waals surface area contributed by atoms with E-state index in [9.17, 15) is 9.59 Å². The third kappa shape index (κ3) is 3.40. The average molecular weight is 183 g/mol. The number of carbonyl (C=O) groups is 2. The Morgan fingerprint density at radius 1 is 1.38 bits per heavy atom. The van der Waals surface area contributed by atoms with Crippen molar-refractivity contribution < 1.29 is 9.59 Å². The van der Waals surface area contributed by atoms with Gasteiger partial charge >= 0.3 is 0 Å². The number of ketones is 1. The topological polar surface area (TPSA) is 37.4 Å². The van der Waals surface area contributed by atoms with E-state index in [1.54, 1.807) is 11.8 Å². The van der Waals surface area contributed by atoms with Gasteiger partial charge in [-0.05, 0) is 6.92 Å². The van der Waals surface area contributed by atoms with E-state index < -0.39 is 0 Å². The van der Waals surface area contributed by atoms with Crippen LogP contribution in [0.15, 0.2) is 12.3 Å². The summed E-state index contributed by atoms with van der Waals surface area (Å²) >= 11 is 0. The van der Waals surface area contributed by atoms with Gasteiger partial charge in [0.25, 0.3) is 0 Å². The van der Waals surface area contributed by atoms with Gasteiger partial charge in [0.05, 0.1) is 6.42 Å². The standard InChI is InChI=1S/C8H11NO2.C2H6/c1-6(2)9-4-3-7(10)5-8(9)11;1-2/h1,3-5H2,2H3;1-2H3. The van der Waals surface area contributed by atoms with Crippen molar-refractivity contribution in [1.29, 1.82) is 0 Å². The number of piperidine rings is 1. The molecule has 0 aromatic rings. The number of allylic oxidation sites excluding steroid dienone is 1. The molecule has 1 rings (SSSR count). The maximum Gasteiger partial charge on any atom is 0.234 e. The molecule has 1 aliphatic heterocycles. The average Bonchev–Trinajstić information content (AvgIpc) is 2.07. The highest BCUT2D eigenvalue weighted by atomic mass is 16.2. The normalized spacial score (nSPS) is 16.4. The summed E-state index contributed by atoms with van der Waals surface area (Å²) in [5.41, 5.74) is 0.725. The van der Waals surface area contributed by atoms with E-state index in [0.29, 0.717) is 13.0 Å².